The van der Waals surface area contributed by atoms with Gasteiger partial charge in [-0.05, 0) is 36.4 Å². The van der Waals surface area contributed by atoms with E-state index in [0.29, 0.717) is 25.4 Å². The molecular formula is C20H18ClF4N5O. The highest BCUT2D eigenvalue weighted by atomic mass is 35.5. The van der Waals surface area contributed by atoms with Gasteiger partial charge in [0.15, 0.2) is 0 Å². The maximum absolute atomic E-state index is 13.7. The van der Waals surface area contributed by atoms with Crippen LogP contribution in [0.5, 0.6) is 0 Å². The standard InChI is InChI=1S/C20H18ClF4N5O/c21-16-5-13(22)1-3-18(16)29-14-2-4-17(15(6-14)20(23,24)25)27-7-19(9-31-10-19)8-30-12-26-11-28-30/h1-6,11-12,27,29H,7-10H2. The summed E-state index contributed by atoms with van der Waals surface area (Å²) in [6, 6.07) is 7.46. The van der Waals surface area contributed by atoms with E-state index in [9.17, 15) is 17.6 Å². The summed E-state index contributed by atoms with van der Waals surface area (Å²) in [6.45, 7) is 1.56. The fourth-order valence-corrected chi connectivity index (χ4v) is 3.55. The highest BCUT2D eigenvalue weighted by molar-refractivity contribution is 6.33. The van der Waals surface area contributed by atoms with Crippen molar-refractivity contribution in [3.8, 4) is 0 Å². The number of halogens is 5. The summed E-state index contributed by atoms with van der Waals surface area (Å²) in [5, 5.41) is 9.84. The number of aromatic nitrogens is 3. The number of nitrogens with one attached hydrogen (secondary N) is 2. The van der Waals surface area contributed by atoms with Crippen molar-refractivity contribution in [1.29, 1.82) is 0 Å². The predicted molar refractivity (Wildman–Crippen MR) is 108 cm³/mol. The SMILES string of the molecule is Fc1ccc(Nc2ccc(NCC3(Cn4cncn4)COC3)c(C(F)(F)F)c2)c(Cl)c1. The first-order valence-corrected chi connectivity index (χ1v) is 9.69. The van der Waals surface area contributed by atoms with Gasteiger partial charge in [-0.25, -0.2) is 9.37 Å². The zero-order valence-corrected chi connectivity index (χ0v) is 16.8. The lowest BCUT2D eigenvalue weighted by Crippen LogP contribution is -2.50. The fraction of sp³-hybridized carbons (Fsp3) is 0.300. The molecular weight excluding hydrogens is 438 g/mol. The highest BCUT2D eigenvalue weighted by Gasteiger charge is 2.40. The number of benzene rings is 2. The molecule has 1 fully saturated rings. The Hall–Kier alpha value is -2.85. The van der Waals surface area contributed by atoms with Gasteiger partial charge in [0.1, 0.15) is 18.5 Å². The molecule has 1 saturated heterocycles. The normalized spacial score (nSPS) is 15.4. The van der Waals surface area contributed by atoms with Crippen molar-refractivity contribution in [3.63, 3.8) is 0 Å². The predicted octanol–water partition coefficient (Wildman–Crippen LogP) is 4.96. The van der Waals surface area contributed by atoms with Crippen LogP contribution in [-0.4, -0.2) is 34.5 Å². The van der Waals surface area contributed by atoms with E-state index in [1.165, 1.54) is 30.6 Å². The molecule has 0 atom stereocenters. The monoisotopic (exact) mass is 455 g/mol. The minimum absolute atomic E-state index is 0.0480. The summed E-state index contributed by atoms with van der Waals surface area (Å²) in [5.41, 5.74) is -0.777. The van der Waals surface area contributed by atoms with E-state index in [1.54, 1.807) is 11.0 Å². The molecule has 11 heteroatoms. The molecule has 3 aromatic rings. The van der Waals surface area contributed by atoms with Crippen LogP contribution in [0.3, 0.4) is 0 Å². The molecule has 0 aliphatic carbocycles. The molecule has 0 spiro atoms. The van der Waals surface area contributed by atoms with E-state index >= 15 is 0 Å². The van der Waals surface area contributed by atoms with Crippen LogP contribution in [0.25, 0.3) is 0 Å². The first-order valence-electron chi connectivity index (χ1n) is 9.32. The summed E-state index contributed by atoms with van der Waals surface area (Å²) in [5.74, 6) is -0.536. The molecule has 4 rings (SSSR count). The number of rotatable bonds is 7. The van der Waals surface area contributed by atoms with E-state index in [1.807, 2.05) is 0 Å². The van der Waals surface area contributed by atoms with E-state index in [0.717, 1.165) is 12.1 Å². The molecule has 2 heterocycles. The van der Waals surface area contributed by atoms with Gasteiger partial charge in [0, 0.05) is 17.9 Å². The molecule has 0 bridgehead atoms. The molecule has 2 aromatic carbocycles. The van der Waals surface area contributed by atoms with Gasteiger partial charge in [0.05, 0.1) is 41.4 Å². The second-order valence-electron chi connectivity index (χ2n) is 7.45. The molecule has 0 radical (unpaired) electrons. The number of hydrogen-bond acceptors (Lipinski definition) is 5. The van der Waals surface area contributed by atoms with Crippen molar-refractivity contribution in [2.24, 2.45) is 5.41 Å². The van der Waals surface area contributed by atoms with Gasteiger partial charge in [-0.3, -0.25) is 4.68 Å². The van der Waals surface area contributed by atoms with Crippen LogP contribution in [0, 0.1) is 11.2 Å². The van der Waals surface area contributed by atoms with Gasteiger partial charge >= 0.3 is 6.18 Å². The largest absolute Gasteiger partial charge is 0.418 e. The lowest BCUT2D eigenvalue weighted by molar-refractivity contribution is -0.137. The van der Waals surface area contributed by atoms with Crippen molar-refractivity contribution in [2.45, 2.75) is 12.7 Å². The average Bonchev–Trinajstić information content (AvgIpc) is 3.19. The Morgan fingerprint density at radius 1 is 1.13 bits per heavy atom. The number of ether oxygens (including phenoxy) is 1. The van der Waals surface area contributed by atoms with Crippen LogP contribution in [0.1, 0.15) is 5.56 Å². The number of alkyl halides is 3. The molecule has 1 aliphatic heterocycles. The maximum atomic E-state index is 13.7. The lowest BCUT2D eigenvalue weighted by Gasteiger charge is -2.41. The van der Waals surface area contributed by atoms with Gasteiger partial charge in [-0.15, -0.1) is 0 Å². The van der Waals surface area contributed by atoms with Crippen LogP contribution in [-0.2, 0) is 17.5 Å². The topological polar surface area (TPSA) is 64.0 Å². The molecule has 0 saturated carbocycles. The molecule has 1 aliphatic rings. The Balaban J connectivity index is 1.53. The zero-order valence-electron chi connectivity index (χ0n) is 16.1. The molecule has 2 N–H and O–H groups in total. The Morgan fingerprint density at radius 2 is 1.90 bits per heavy atom. The van der Waals surface area contributed by atoms with Gasteiger partial charge in [-0.2, -0.15) is 18.3 Å². The zero-order chi connectivity index (χ0) is 22.1. The fourth-order valence-electron chi connectivity index (χ4n) is 3.34. The number of nitrogens with zero attached hydrogens (tertiary/aromatic N) is 3. The average molecular weight is 456 g/mol. The van der Waals surface area contributed by atoms with E-state index < -0.39 is 17.6 Å². The van der Waals surface area contributed by atoms with E-state index in [2.05, 4.69) is 20.7 Å². The minimum Gasteiger partial charge on any atom is -0.384 e. The first-order chi connectivity index (χ1) is 14.7. The maximum Gasteiger partial charge on any atom is 0.418 e. The number of hydrogen-bond donors (Lipinski definition) is 2. The Bertz CT molecular complexity index is 1050. The molecule has 0 unspecified atom stereocenters. The molecule has 1 aromatic heterocycles. The Kier molecular flexibility index (Phi) is 5.76. The summed E-state index contributed by atoms with van der Waals surface area (Å²) >= 11 is 5.96. The third-order valence-electron chi connectivity index (χ3n) is 4.97. The molecule has 31 heavy (non-hydrogen) atoms. The lowest BCUT2D eigenvalue weighted by atomic mass is 9.85. The van der Waals surface area contributed by atoms with Gasteiger partial charge < -0.3 is 15.4 Å². The van der Waals surface area contributed by atoms with Gasteiger partial charge in [0.25, 0.3) is 0 Å². The van der Waals surface area contributed by atoms with Crippen LogP contribution >= 0.6 is 11.6 Å². The molecule has 0 amide bonds. The second kappa shape index (κ2) is 8.35. The van der Waals surface area contributed by atoms with Crippen LogP contribution < -0.4 is 10.6 Å². The smallest absolute Gasteiger partial charge is 0.384 e. The Morgan fingerprint density at radius 3 is 2.52 bits per heavy atom. The highest BCUT2D eigenvalue weighted by Crippen LogP contribution is 2.39. The van der Waals surface area contributed by atoms with Crippen LogP contribution in [0.4, 0.5) is 34.6 Å². The number of anilines is 3. The Labute approximate surface area is 180 Å². The summed E-state index contributed by atoms with van der Waals surface area (Å²) < 4.78 is 61.3. The van der Waals surface area contributed by atoms with E-state index in [-0.39, 0.29) is 28.4 Å². The molecule has 164 valence electrons. The quantitative estimate of drug-likeness (QED) is 0.493. The first kappa shape index (κ1) is 21.4. The van der Waals surface area contributed by atoms with Gasteiger partial charge in [0.2, 0.25) is 0 Å². The van der Waals surface area contributed by atoms with Crippen molar-refractivity contribution in [3.05, 3.63) is 65.5 Å². The van der Waals surface area contributed by atoms with Gasteiger partial charge in [-0.1, -0.05) is 11.6 Å². The summed E-state index contributed by atoms with van der Waals surface area (Å²) in [7, 11) is 0. The minimum atomic E-state index is -4.58. The third kappa shape index (κ3) is 4.91. The second-order valence-corrected chi connectivity index (χ2v) is 7.85. The third-order valence-corrected chi connectivity index (χ3v) is 5.28. The van der Waals surface area contributed by atoms with Crippen molar-refractivity contribution in [1.82, 2.24) is 14.8 Å². The van der Waals surface area contributed by atoms with Crippen LogP contribution in [0.2, 0.25) is 5.02 Å². The van der Waals surface area contributed by atoms with Crippen molar-refractivity contribution < 1.29 is 22.3 Å². The van der Waals surface area contributed by atoms with Crippen molar-refractivity contribution in [2.75, 3.05) is 30.4 Å². The van der Waals surface area contributed by atoms with E-state index in [4.69, 9.17) is 16.3 Å². The summed E-state index contributed by atoms with van der Waals surface area (Å²) in [4.78, 5) is 3.89. The summed E-state index contributed by atoms with van der Waals surface area (Å²) in [6.07, 6.45) is -1.62. The molecule has 6 nitrogen and oxygen atoms in total. The van der Waals surface area contributed by atoms with Crippen LogP contribution in [0.15, 0.2) is 49.1 Å². The van der Waals surface area contributed by atoms with Crippen molar-refractivity contribution >= 4 is 28.7 Å².